The standard InChI is InChI=1S/C17H18ClFN2O3S/c1-25(23,24)21(16-9-5-4-8-15(16)19)11-10-17(22)20-12-13-6-2-3-7-14(13)18/h2-9H,10-12H2,1H3,(H,20,22). The maximum absolute atomic E-state index is 13.9. The normalized spacial score (nSPS) is 11.2. The molecular formula is C17H18ClFN2O3S. The van der Waals surface area contributed by atoms with Crippen LogP contribution in [0.2, 0.25) is 5.02 Å². The molecule has 0 unspecified atom stereocenters. The molecule has 8 heteroatoms. The summed E-state index contributed by atoms with van der Waals surface area (Å²) in [4.78, 5) is 12.0. The fourth-order valence-electron chi connectivity index (χ4n) is 2.25. The SMILES string of the molecule is CS(=O)(=O)N(CCC(=O)NCc1ccccc1Cl)c1ccccc1F. The second kappa shape index (κ2) is 8.31. The minimum absolute atomic E-state index is 0.0797. The first kappa shape index (κ1) is 19.2. The van der Waals surface area contributed by atoms with E-state index in [-0.39, 0.29) is 31.1 Å². The maximum atomic E-state index is 13.9. The lowest BCUT2D eigenvalue weighted by Gasteiger charge is -2.22. The molecule has 0 saturated carbocycles. The molecule has 0 fully saturated rings. The molecule has 1 N–H and O–H groups in total. The van der Waals surface area contributed by atoms with Crippen molar-refractivity contribution in [3.05, 3.63) is 64.9 Å². The molecule has 2 rings (SSSR count). The molecular weight excluding hydrogens is 367 g/mol. The highest BCUT2D eigenvalue weighted by Gasteiger charge is 2.21. The minimum Gasteiger partial charge on any atom is -0.352 e. The first-order chi connectivity index (χ1) is 11.8. The second-order valence-electron chi connectivity index (χ2n) is 5.40. The molecule has 0 radical (unpaired) electrons. The van der Waals surface area contributed by atoms with Gasteiger partial charge in [-0.1, -0.05) is 41.9 Å². The largest absolute Gasteiger partial charge is 0.352 e. The summed E-state index contributed by atoms with van der Waals surface area (Å²) >= 11 is 6.01. The number of rotatable bonds is 7. The van der Waals surface area contributed by atoms with Crippen LogP contribution in [0.3, 0.4) is 0 Å². The van der Waals surface area contributed by atoms with Gasteiger partial charge in [-0.3, -0.25) is 9.10 Å². The third kappa shape index (κ3) is 5.44. The Kier molecular flexibility index (Phi) is 6.39. The molecule has 0 aliphatic carbocycles. The summed E-state index contributed by atoms with van der Waals surface area (Å²) in [5.41, 5.74) is 0.676. The zero-order chi connectivity index (χ0) is 18.4. The Morgan fingerprint density at radius 3 is 2.44 bits per heavy atom. The maximum Gasteiger partial charge on any atom is 0.232 e. The number of benzene rings is 2. The molecule has 1 amide bonds. The first-order valence-corrected chi connectivity index (χ1v) is 9.74. The highest BCUT2D eigenvalue weighted by molar-refractivity contribution is 7.92. The Morgan fingerprint density at radius 1 is 1.16 bits per heavy atom. The summed E-state index contributed by atoms with van der Waals surface area (Å²) in [6.45, 7) is 0.0746. The van der Waals surface area contributed by atoms with E-state index < -0.39 is 15.8 Å². The van der Waals surface area contributed by atoms with Gasteiger partial charge in [-0.25, -0.2) is 12.8 Å². The van der Waals surface area contributed by atoms with Crippen LogP contribution in [0.5, 0.6) is 0 Å². The lowest BCUT2D eigenvalue weighted by Crippen LogP contribution is -2.35. The average molecular weight is 385 g/mol. The summed E-state index contributed by atoms with van der Waals surface area (Å²) in [6, 6.07) is 12.6. The van der Waals surface area contributed by atoms with Crippen LogP contribution in [0.15, 0.2) is 48.5 Å². The number of carbonyl (C=O) groups is 1. The Morgan fingerprint density at radius 2 is 1.80 bits per heavy atom. The molecule has 25 heavy (non-hydrogen) atoms. The van der Waals surface area contributed by atoms with E-state index in [0.29, 0.717) is 5.02 Å². The molecule has 0 heterocycles. The summed E-state index contributed by atoms with van der Waals surface area (Å²) in [5, 5.41) is 3.21. The van der Waals surface area contributed by atoms with E-state index in [1.165, 1.54) is 24.3 Å². The summed E-state index contributed by atoms with van der Waals surface area (Å²) < 4.78 is 38.6. The summed E-state index contributed by atoms with van der Waals surface area (Å²) in [6.07, 6.45) is 0.868. The highest BCUT2D eigenvalue weighted by Crippen LogP contribution is 2.21. The van der Waals surface area contributed by atoms with E-state index in [4.69, 9.17) is 11.6 Å². The number of hydrogen-bond donors (Lipinski definition) is 1. The molecule has 0 aliphatic rings. The monoisotopic (exact) mass is 384 g/mol. The van der Waals surface area contributed by atoms with Crippen molar-refractivity contribution in [3.63, 3.8) is 0 Å². The Labute approximate surface area is 151 Å². The predicted molar refractivity (Wildman–Crippen MR) is 96.5 cm³/mol. The third-order valence-electron chi connectivity index (χ3n) is 3.50. The Hall–Kier alpha value is -2.12. The average Bonchev–Trinajstić information content (AvgIpc) is 2.54. The van der Waals surface area contributed by atoms with Gasteiger partial charge in [0.05, 0.1) is 11.9 Å². The van der Waals surface area contributed by atoms with E-state index in [0.717, 1.165) is 16.1 Å². The smallest absolute Gasteiger partial charge is 0.232 e. The van der Waals surface area contributed by atoms with E-state index in [2.05, 4.69) is 5.32 Å². The van der Waals surface area contributed by atoms with Crippen molar-refractivity contribution in [2.45, 2.75) is 13.0 Å². The summed E-state index contributed by atoms with van der Waals surface area (Å²) in [5.74, 6) is -1.02. The van der Waals surface area contributed by atoms with Gasteiger partial charge in [0.25, 0.3) is 0 Å². The van der Waals surface area contributed by atoms with Gasteiger partial charge in [0, 0.05) is 24.5 Å². The zero-order valence-corrected chi connectivity index (χ0v) is 15.1. The van der Waals surface area contributed by atoms with Gasteiger partial charge in [0.2, 0.25) is 15.9 Å². The number of carbonyl (C=O) groups excluding carboxylic acids is 1. The van der Waals surface area contributed by atoms with E-state index in [9.17, 15) is 17.6 Å². The number of anilines is 1. The molecule has 0 atom stereocenters. The number of sulfonamides is 1. The molecule has 0 aliphatic heterocycles. The van der Waals surface area contributed by atoms with Gasteiger partial charge in [0.15, 0.2) is 0 Å². The Balaban J connectivity index is 2.00. The molecule has 2 aromatic carbocycles. The van der Waals surface area contributed by atoms with Crippen molar-refractivity contribution in [3.8, 4) is 0 Å². The van der Waals surface area contributed by atoms with Crippen LogP contribution >= 0.6 is 11.6 Å². The van der Waals surface area contributed by atoms with E-state index in [1.807, 2.05) is 0 Å². The van der Waals surface area contributed by atoms with Crippen molar-refractivity contribution in [2.24, 2.45) is 0 Å². The lowest BCUT2D eigenvalue weighted by atomic mass is 10.2. The molecule has 5 nitrogen and oxygen atoms in total. The predicted octanol–water partition coefficient (Wildman–Crippen LogP) is 2.95. The van der Waals surface area contributed by atoms with Gasteiger partial charge in [-0.05, 0) is 23.8 Å². The van der Waals surface area contributed by atoms with E-state index in [1.54, 1.807) is 24.3 Å². The van der Waals surface area contributed by atoms with Gasteiger partial charge in [-0.2, -0.15) is 0 Å². The van der Waals surface area contributed by atoms with Crippen molar-refractivity contribution in [1.29, 1.82) is 0 Å². The topological polar surface area (TPSA) is 66.5 Å². The molecule has 0 spiro atoms. The van der Waals surface area contributed by atoms with Crippen LogP contribution in [-0.4, -0.2) is 27.1 Å². The highest BCUT2D eigenvalue weighted by atomic mass is 35.5. The molecule has 0 saturated heterocycles. The van der Waals surface area contributed by atoms with Crippen LogP contribution in [0.1, 0.15) is 12.0 Å². The van der Waals surface area contributed by atoms with Gasteiger partial charge < -0.3 is 5.32 Å². The fraction of sp³-hybridized carbons (Fsp3) is 0.235. The van der Waals surface area contributed by atoms with E-state index >= 15 is 0 Å². The second-order valence-corrected chi connectivity index (χ2v) is 7.72. The minimum atomic E-state index is -3.72. The number of amides is 1. The number of nitrogens with zero attached hydrogens (tertiary/aromatic N) is 1. The van der Waals surface area contributed by atoms with Gasteiger partial charge in [-0.15, -0.1) is 0 Å². The molecule has 0 bridgehead atoms. The molecule has 0 aromatic heterocycles. The van der Waals surface area contributed by atoms with Crippen LogP contribution in [0.4, 0.5) is 10.1 Å². The zero-order valence-electron chi connectivity index (χ0n) is 13.6. The van der Waals surface area contributed by atoms with Crippen LogP contribution in [0, 0.1) is 5.82 Å². The Bertz CT molecular complexity index is 858. The van der Waals surface area contributed by atoms with Gasteiger partial charge in [0.1, 0.15) is 5.82 Å². The molecule has 2 aromatic rings. The van der Waals surface area contributed by atoms with Crippen molar-refractivity contribution in [1.82, 2.24) is 5.32 Å². The van der Waals surface area contributed by atoms with Crippen LogP contribution in [0.25, 0.3) is 0 Å². The third-order valence-corrected chi connectivity index (χ3v) is 5.05. The number of para-hydroxylation sites is 1. The number of nitrogens with one attached hydrogen (secondary N) is 1. The van der Waals surface area contributed by atoms with Crippen LogP contribution < -0.4 is 9.62 Å². The number of halogens is 2. The molecule has 134 valence electrons. The van der Waals surface area contributed by atoms with Crippen molar-refractivity contribution >= 4 is 33.2 Å². The fourth-order valence-corrected chi connectivity index (χ4v) is 3.38. The lowest BCUT2D eigenvalue weighted by molar-refractivity contribution is -0.121. The number of hydrogen-bond acceptors (Lipinski definition) is 3. The summed E-state index contributed by atoms with van der Waals surface area (Å²) in [7, 11) is -3.72. The quantitative estimate of drug-likeness (QED) is 0.798. The first-order valence-electron chi connectivity index (χ1n) is 7.51. The van der Waals surface area contributed by atoms with Gasteiger partial charge >= 0.3 is 0 Å². The van der Waals surface area contributed by atoms with Crippen molar-refractivity contribution < 1.29 is 17.6 Å². The van der Waals surface area contributed by atoms with Crippen LogP contribution in [-0.2, 0) is 21.4 Å². The van der Waals surface area contributed by atoms with Crippen molar-refractivity contribution in [2.75, 3.05) is 17.1 Å².